The summed E-state index contributed by atoms with van der Waals surface area (Å²) in [6, 6.07) is 9.14. The third-order valence-electron chi connectivity index (χ3n) is 5.04. The lowest BCUT2D eigenvalue weighted by Gasteiger charge is -2.31. The molecular formula is C19H21F2N3O4S. The Bertz CT molecular complexity index is 1040. The molecule has 2 heterocycles. The summed E-state index contributed by atoms with van der Waals surface area (Å²) in [6.07, 6.45) is -3.90. The lowest BCUT2D eigenvalue weighted by Crippen LogP contribution is -2.43. The first kappa shape index (κ1) is 19.7. The standard InChI is InChI=1S/C19H21F2N3O4S/c1-13-6-7-14(12-15(13)24-10-8-22-9-11-24)23(2)29(25,26)17-5-3-4-16-18(17)28-19(20,21)27-16/h3-7,12,22H,8-11H2,1-2H3. The molecule has 7 nitrogen and oxygen atoms in total. The van der Waals surface area contributed by atoms with E-state index >= 15 is 0 Å². The van der Waals surface area contributed by atoms with Crippen LogP contribution < -0.4 is 24.0 Å². The summed E-state index contributed by atoms with van der Waals surface area (Å²) in [7, 11) is -2.78. The monoisotopic (exact) mass is 425 g/mol. The van der Waals surface area contributed by atoms with Crippen LogP contribution in [0.3, 0.4) is 0 Å². The Hall–Kier alpha value is -2.59. The molecule has 1 saturated heterocycles. The zero-order valence-electron chi connectivity index (χ0n) is 16.0. The van der Waals surface area contributed by atoms with Gasteiger partial charge in [0, 0.05) is 38.9 Å². The highest BCUT2D eigenvalue weighted by Gasteiger charge is 2.46. The van der Waals surface area contributed by atoms with Crippen molar-refractivity contribution in [3.05, 3.63) is 42.0 Å². The van der Waals surface area contributed by atoms with Crippen LogP contribution in [0.15, 0.2) is 41.3 Å². The van der Waals surface area contributed by atoms with Gasteiger partial charge in [0.05, 0.1) is 5.69 Å². The number of nitrogens with zero attached hydrogens (tertiary/aromatic N) is 2. The number of hydrogen-bond donors (Lipinski definition) is 1. The summed E-state index contributed by atoms with van der Waals surface area (Å²) < 4.78 is 63.2. The average molecular weight is 425 g/mol. The Morgan fingerprint density at radius 2 is 1.86 bits per heavy atom. The van der Waals surface area contributed by atoms with Crippen molar-refractivity contribution in [2.45, 2.75) is 18.1 Å². The van der Waals surface area contributed by atoms with Gasteiger partial charge in [-0.25, -0.2) is 8.42 Å². The molecule has 2 aliphatic rings. The van der Waals surface area contributed by atoms with Gasteiger partial charge in [-0.3, -0.25) is 4.31 Å². The molecule has 0 radical (unpaired) electrons. The molecule has 0 aromatic heterocycles. The number of halogens is 2. The second kappa shape index (κ2) is 7.03. The number of alkyl halides is 2. The van der Waals surface area contributed by atoms with Crippen LogP contribution in [0.4, 0.5) is 20.2 Å². The molecule has 0 bridgehead atoms. The molecule has 2 aromatic carbocycles. The average Bonchev–Trinajstić information content (AvgIpc) is 3.02. The predicted octanol–water partition coefficient (Wildman–Crippen LogP) is 2.55. The van der Waals surface area contributed by atoms with Crippen LogP contribution in [0.5, 0.6) is 11.5 Å². The molecular weight excluding hydrogens is 404 g/mol. The zero-order chi connectivity index (χ0) is 20.8. The third kappa shape index (κ3) is 3.58. The van der Waals surface area contributed by atoms with E-state index in [2.05, 4.69) is 19.7 Å². The highest BCUT2D eigenvalue weighted by atomic mass is 32.2. The molecule has 4 rings (SSSR count). The molecule has 1 fully saturated rings. The predicted molar refractivity (Wildman–Crippen MR) is 104 cm³/mol. The molecule has 2 aliphatic heterocycles. The molecule has 0 atom stereocenters. The van der Waals surface area contributed by atoms with Crippen LogP contribution in [-0.4, -0.2) is 47.9 Å². The smallest absolute Gasteiger partial charge is 0.395 e. The number of rotatable bonds is 4. The summed E-state index contributed by atoms with van der Waals surface area (Å²) in [5.41, 5.74) is 2.39. The van der Waals surface area contributed by atoms with Crippen molar-refractivity contribution in [1.29, 1.82) is 0 Å². The number of piperazine rings is 1. The number of anilines is 2. The Morgan fingerprint density at radius 3 is 2.59 bits per heavy atom. The van der Waals surface area contributed by atoms with Crippen LogP contribution in [0, 0.1) is 6.92 Å². The van der Waals surface area contributed by atoms with E-state index in [1.54, 1.807) is 12.1 Å². The van der Waals surface area contributed by atoms with Crippen LogP contribution >= 0.6 is 0 Å². The van der Waals surface area contributed by atoms with Gasteiger partial charge in [-0.15, -0.1) is 8.78 Å². The number of fused-ring (bicyclic) bond motifs is 1. The first-order valence-electron chi connectivity index (χ1n) is 9.13. The summed E-state index contributed by atoms with van der Waals surface area (Å²) in [5.74, 6) is -0.798. The summed E-state index contributed by atoms with van der Waals surface area (Å²) in [6.45, 7) is 5.28. The Labute approximate surface area is 167 Å². The van der Waals surface area contributed by atoms with Gasteiger partial charge >= 0.3 is 6.29 Å². The molecule has 10 heteroatoms. The SMILES string of the molecule is Cc1ccc(N(C)S(=O)(=O)c2cccc3c2OC(F)(F)O3)cc1N1CCNCC1. The molecule has 2 aromatic rings. The molecule has 156 valence electrons. The number of para-hydroxylation sites is 1. The highest BCUT2D eigenvalue weighted by molar-refractivity contribution is 7.93. The largest absolute Gasteiger partial charge is 0.586 e. The Balaban J connectivity index is 1.70. The normalized spacial score (nSPS) is 18.0. The van der Waals surface area contributed by atoms with Crippen molar-refractivity contribution in [2.24, 2.45) is 0 Å². The number of hydrogen-bond acceptors (Lipinski definition) is 6. The molecule has 0 unspecified atom stereocenters. The number of aryl methyl sites for hydroxylation is 1. The van der Waals surface area contributed by atoms with Gasteiger partial charge < -0.3 is 19.7 Å². The fraction of sp³-hybridized carbons (Fsp3) is 0.368. The third-order valence-corrected chi connectivity index (χ3v) is 6.85. The van der Waals surface area contributed by atoms with E-state index < -0.39 is 22.1 Å². The van der Waals surface area contributed by atoms with Gasteiger partial charge in [-0.2, -0.15) is 0 Å². The maximum absolute atomic E-state index is 13.5. The van der Waals surface area contributed by atoms with Gasteiger partial charge in [0.25, 0.3) is 10.0 Å². The first-order chi connectivity index (χ1) is 13.7. The van der Waals surface area contributed by atoms with Gasteiger partial charge in [-0.05, 0) is 36.8 Å². The summed E-state index contributed by atoms with van der Waals surface area (Å²) in [4.78, 5) is 1.81. The van der Waals surface area contributed by atoms with E-state index in [0.29, 0.717) is 5.69 Å². The fourth-order valence-corrected chi connectivity index (χ4v) is 4.79. The van der Waals surface area contributed by atoms with E-state index in [0.717, 1.165) is 41.7 Å². The summed E-state index contributed by atoms with van der Waals surface area (Å²) >= 11 is 0. The minimum Gasteiger partial charge on any atom is -0.395 e. The summed E-state index contributed by atoms with van der Waals surface area (Å²) in [5, 5.41) is 3.28. The van der Waals surface area contributed by atoms with Crippen molar-refractivity contribution in [3.8, 4) is 11.5 Å². The van der Waals surface area contributed by atoms with Crippen molar-refractivity contribution in [3.63, 3.8) is 0 Å². The number of ether oxygens (including phenoxy) is 2. The topological polar surface area (TPSA) is 71.1 Å². The van der Waals surface area contributed by atoms with E-state index in [-0.39, 0.29) is 10.6 Å². The quantitative estimate of drug-likeness (QED) is 0.812. The molecule has 0 spiro atoms. The molecule has 0 amide bonds. The maximum atomic E-state index is 13.5. The lowest BCUT2D eigenvalue weighted by atomic mass is 10.1. The van der Waals surface area contributed by atoms with Crippen LogP contribution in [0.2, 0.25) is 0 Å². The van der Waals surface area contributed by atoms with Gasteiger partial charge in [0.15, 0.2) is 11.5 Å². The van der Waals surface area contributed by atoms with E-state index in [9.17, 15) is 17.2 Å². The van der Waals surface area contributed by atoms with Gasteiger partial charge in [0.1, 0.15) is 4.90 Å². The Morgan fingerprint density at radius 1 is 1.14 bits per heavy atom. The van der Waals surface area contributed by atoms with Crippen molar-refractivity contribution < 1.29 is 26.7 Å². The van der Waals surface area contributed by atoms with E-state index in [1.165, 1.54) is 25.2 Å². The van der Waals surface area contributed by atoms with Gasteiger partial charge in [-0.1, -0.05) is 12.1 Å². The van der Waals surface area contributed by atoms with Crippen LogP contribution in [0.1, 0.15) is 5.56 Å². The van der Waals surface area contributed by atoms with Crippen molar-refractivity contribution in [1.82, 2.24) is 5.32 Å². The minimum absolute atomic E-state index is 0.310. The van der Waals surface area contributed by atoms with E-state index in [1.807, 2.05) is 13.0 Å². The van der Waals surface area contributed by atoms with Crippen LogP contribution in [0.25, 0.3) is 0 Å². The molecule has 29 heavy (non-hydrogen) atoms. The molecule has 1 N–H and O–H groups in total. The lowest BCUT2D eigenvalue weighted by molar-refractivity contribution is -0.287. The number of sulfonamides is 1. The molecule has 0 aliphatic carbocycles. The Kier molecular flexibility index (Phi) is 4.78. The van der Waals surface area contributed by atoms with Gasteiger partial charge in [0.2, 0.25) is 0 Å². The number of nitrogens with one attached hydrogen (secondary N) is 1. The maximum Gasteiger partial charge on any atom is 0.586 e. The van der Waals surface area contributed by atoms with Crippen molar-refractivity contribution >= 4 is 21.4 Å². The minimum atomic E-state index is -4.16. The molecule has 0 saturated carbocycles. The second-order valence-corrected chi connectivity index (χ2v) is 8.87. The van der Waals surface area contributed by atoms with Crippen LogP contribution in [-0.2, 0) is 10.0 Å². The highest BCUT2D eigenvalue weighted by Crippen LogP contribution is 2.45. The van der Waals surface area contributed by atoms with E-state index in [4.69, 9.17) is 0 Å². The zero-order valence-corrected chi connectivity index (χ0v) is 16.8. The number of benzene rings is 2. The first-order valence-corrected chi connectivity index (χ1v) is 10.6. The van der Waals surface area contributed by atoms with Crippen molar-refractivity contribution in [2.75, 3.05) is 42.4 Å². The fourth-order valence-electron chi connectivity index (χ4n) is 3.47. The second-order valence-electron chi connectivity index (χ2n) is 6.93.